The number of nitrogens with one attached hydrogen (secondary N) is 1. The number of rotatable bonds is 6. The van der Waals surface area contributed by atoms with Crippen LogP contribution in [0.3, 0.4) is 0 Å². The molecule has 3 unspecified atom stereocenters. The van der Waals surface area contributed by atoms with Gasteiger partial charge >= 0.3 is 0 Å². The van der Waals surface area contributed by atoms with Gasteiger partial charge in [0.15, 0.2) is 0 Å². The summed E-state index contributed by atoms with van der Waals surface area (Å²) < 4.78 is 0. The van der Waals surface area contributed by atoms with Crippen molar-refractivity contribution in [2.45, 2.75) is 57.6 Å². The number of likely N-dealkylation sites (tertiary alicyclic amines) is 1. The molecule has 2 N–H and O–H groups in total. The maximum absolute atomic E-state index is 12.9. The zero-order chi connectivity index (χ0) is 17.6. The molecular weight excluding hydrogens is 348 g/mol. The van der Waals surface area contributed by atoms with Gasteiger partial charge in [-0.2, -0.15) is 0 Å². The van der Waals surface area contributed by atoms with Crippen LogP contribution in [-0.2, 0) is 4.79 Å². The van der Waals surface area contributed by atoms with Crippen molar-refractivity contribution in [3.05, 3.63) is 35.9 Å². The summed E-state index contributed by atoms with van der Waals surface area (Å²) in [6.45, 7) is 5.25. The Balaban J connectivity index is 0.00000243. The molecule has 146 valence electrons. The van der Waals surface area contributed by atoms with E-state index < -0.39 is 6.10 Å². The van der Waals surface area contributed by atoms with Gasteiger partial charge in [-0.1, -0.05) is 37.3 Å². The molecule has 3 rings (SSSR count). The normalized spacial score (nSPS) is 23.3. The minimum absolute atomic E-state index is 0. The van der Waals surface area contributed by atoms with Crippen LogP contribution in [-0.4, -0.2) is 41.6 Å². The molecule has 26 heavy (non-hydrogen) atoms. The number of aliphatic hydroxyl groups excluding tert-OH is 1. The second kappa shape index (κ2) is 10.3. The Hall–Kier alpha value is -1.10. The molecule has 2 aliphatic rings. The van der Waals surface area contributed by atoms with E-state index in [1.807, 2.05) is 35.2 Å². The summed E-state index contributed by atoms with van der Waals surface area (Å²) in [5.41, 5.74) is 0.949. The van der Waals surface area contributed by atoms with Crippen molar-refractivity contribution in [3.8, 4) is 0 Å². The fourth-order valence-electron chi connectivity index (χ4n) is 4.45. The van der Waals surface area contributed by atoms with Gasteiger partial charge in [0, 0.05) is 19.0 Å². The van der Waals surface area contributed by atoms with Crippen molar-refractivity contribution in [2.24, 2.45) is 11.8 Å². The number of nitrogens with zero attached hydrogens (tertiary/aromatic N) is 1. The monoisotopic (exact) mass is 380 g/mol. The van der Waals surface area contributed by atoms with Crippen molar-refractivity contribution in [1.82, 2.24) is 10.2 Å². The SMILES string of the molecule is CC(CC(=O)N1CCCC1CC(O)c1ccccc1)C1CCNCC1.Cl. The van der Waals surface area contributed by atoms with Crippen LogP contribution in [0.2, 0.25) is 0 Å². The van der Waals surface area contributed by atoms with Gasteiger partial charge < -0.3 is 15.3 Å². The van der Waals surface area contributed by atoms with Crippen molar-refractivity contribution < 1.29 is 9.90 Å². The molecule has 1 amide bonds. The van der Waals surface area contributed by atoms with E-state index in [-0.39, 0.29) is 24.4 Å². The van der Waals surface area contributed by atoms with Gasteiger partial charge in [-0.3, -0.25) is 4.79 Å². The second-order valence-corrected chi connectivity index (χ2v) is 7.81. The highest BCUT2D eigenvalue weighted by Crippen LogP contribution is 2.30. The average molecular weight is 381 g/mol. The number of carbonyl (C=O) groups excluding carboxylic acids is 1. The first kappa shape index (κ1) is 21.2. The van der Waals surface area contributed by atoms with E-state index in [0.717, 1.165) is 38.0 Å². The molecular formula is C21H33ClN2O2. The smallest absolute Gasteiger partial charge is 0.223 e. The molecule has 2 aliphatic heterocycles. The largest absolute Gasteiger partial charge is 0.388 e. The summed E-state index contributed by atoms with van der Waals surface area (Å²) in [6.07, 6.45) is 5.26. The standard InChI is InChI=1S/C21H32N2O2.ClH/c1-16(17-9-11-22-12-10-17)14-21(25)23-13-5-8-19(23)15-20(24)18-6-3-2-4-7-18;/h2-4,6-7,16-17,19-20,22,24H,5,8-15H2,1H3;1H. The summed E-state index contributed by atoms with van der Waals surface area (Å²) in [5.74, 6) is 1.41. The van der Waals surface area contributed by atoms with E-state index in [9.17, 15) is 9.90 Å². The first-order valence-corrected chi connectivity index (χ1v) is 9.88. The number of piperidine rings is 1. The molecule has 0 aromatic heterocycles. The highest BCUT2D eigenvalue weighted by atomic mass is 35.5. The van der Waals surface area contributed by atoms with Crippen LogP contribution in [0.15, 0.2) is 30.3 Å². The van der Waals surface area contributed by atoms with Gasteiger partial charge in [0.1, 0.15) is 0 Å². The molecule has 0 bridgehead atoms. The lowest BCUT2D eigenvalue weighted by atomic mass is 9.84. The third-order valence-corrected chi connectivity index (χ3v) is 6.06. The van der Waals surface area contributed by atoms with Crippen LogP contribution in [0.1, 0.15) is 57.1 Å². The lowest BCUT2D eigenvalue weighted by Crippen LogP contribution is -2.39. The number of hydrogen-bond donors (Lipinski definition) is 2. The Bertz CT molecular complexity index is 548. The number of aliphatic hydroxyl groups is 1. The Kier molecular flexibility index (Phi) is 8.39. The van der Waals surface area contributed by atoms with Crippen LogP contribution < -0.4 is 5.32 Å². The molecule has 5 heteroatoms. The quantitative estimate of drug-likeness (QED) is 0.793. The predicted molar refractivity (Wildman–Crippen MR) is 107 cm³/mol. The number of halogens is 1. The summed E-state index contributed by atoms with van der Waals surface area (Å²) in [4.78, 5) is 14.9. The van der Waals surface area contributed by atoms with Crippen molar-refractivity contribution >= 4 is 18.3 Å². The highest BCUT2D eigenvalue weighted by Gasteiger charge is 2.32. The molecule has 1 aromatic rings. The molecule has 0 aliphatic carbocycles. The third-order valence-electron chi connectivity index (χ3n) is 6.06. The van der Waals surface area contributed by atoms with Gasteiger partial charge in [-0.15, -0.1) is 12.4 Å². The Morgan fingerprint density at radius 2 is 1.92 bits per heavy atom. The minimum Gasteiger partial charge on any atom is -0.388 e. The summed E-state index contributed by atoms with van der Waals surface area (Å²) in [6, 6.07) is 9.98. The molecule has 0 radical (unpaired) electrons. The molecule has 0 spiro atoms. The lowest BCUT2D eigenvalue weighted by molar-refractivity contribution is -0.133. The van der Waals surface area contributed by atoms with Crippen molar-refractivity contribution in [2.75, 3.05) is 19.6 Å². The maximum atomic E-state index is 12.9. The Morgan fingerprint density at radius 3 is 2.62 bits per heavy atom. The van der Waals surface area contributed by atoms with Crippen molar-refractivity contribution in [3.63, 3.8) is 0 Å². The van der Waals surface area contributed by atoms with E-state index in [1.54, 1.807) is 0 Å². The van der Waals surface area contributed by atoms with Crippen LogP contribution in [0, 0.1) is 11.8 Å². The van der Waals surface area contributed by atoms with Crippen LogP contribution in [0.25, 0.3) is 0 Å². The predicted octanol–water partition coefficient (Wildman–Crippen LogP) is 3.55. The molecule has 2 heterocycles. The third kappa shape index (κ3) is 5.45. The summed E-state index contributed by atoms with van der Waals surface area (Å²) in [5, 5.41) is 13.9. The molecule has 3 atom stereocenters. The van der Waals surface area contributed by atoms with Gasteiger partial charge in [0.2, 0.25) is 5.91 Å². The van der Waals surface area contributed by atoms with Crippen molar-refractivity contribution in [1.29, 1.82) is 0 Å². The molecule has 2 fully saturated rings. The number of hydrogen-bond acceptors (Lipinski definition) is 3. The molecule has 4 nitrogen and oxygen atoms in total. The number of amides is 1. The topological polar surface area (TPSA) is 52.6 Å². The van der Waals surface area contributed by atoms with Crippen LogP contribution in [0.5, 0.6) is 0 Å². The van der Waals surface area contributed by atoms with E-state index in [1.165, 1.54) is 12.8 Å². The zero-order valence-electron chi connectivity index (χ0n) is 15.8. The maximum Gasteiger partial charge on any atom is 0.223 e. The van der Waals surface area contributed by atoms with Gasteiger partial charge in [0.05, 0.1) is 6.10 Å². The van der Waals surface area contributed by atoms with E-state index >= 15 is 0 Å². The minimum atomic E-state index is -0.485. The Labute approximate surface area is 163 Å². The zero-order valence-corrected chi connectivity index (χ0v) is 16.6. The number of carbonyl (C=O) groups is 1. The van der Waals surface area contributed by atoms with Gasteiger partial charge in [0.25, 0.3) is 0 Å². The number of benzene rings is 1. The van der Waals surface area contributed by atoms with Gasteiger partial charge in [-0.05, 0) is 62.6 Å². The molecule has 2 saturated heterocycles. The van der Waals surface area contributed by atoms with E-state index in [0.29, 0.717) is 24.7 Å². The fraction of sp³-hybridized carbons (Fsp3) is 0.667. The van der Waals surface area contributed by atoms with E-state index in [2.05, 4.69) is 12.2 Å². The van der Waals surface area contributed by atoms with Gasteiger partial charge in [-0.25, -0.2) is 0 Å². The van der Waals surface area contributed by atoms with Crippen LogP contribution in [0.4, 0.5) is 0 Å². The first-order valence-electron chi connectivity index (χ1n) is 9.88. The average Bonchev–Trinajstić information content (AvgIpc) is 3.11. The second-order valence-electron chi connectivity index (χ2n) is 7.81. The molecule has 1 aromatic carbocycles. The first-order chi connectivity index (χ1) is 12.1. The lowest BCUT2D eigenvalue weighted by Gasteiger charge is -2.31. The Morgan fingerprint density at radius 1 is 1.23 bits per heavy atom. The summed E-state index contributed by atoms with van der Waals surface area (Å²) in [7, 11) is 0. The summed E-state index contributed by atoms with van der Waals surface area (Å²) >= 11 is 0. The molecule has 0 saturated carbocycles. The van der Waals surface area contributed by atoms with Crippen LogP contribution >= 0.6 is 12.4 Å². The highest BCUT2D eigenvalue weighted by molar-refractivity contribution is 5.85. The van der Waals surface area contributed by atoms with E-state index in [4.69, 9.17) is 0 Å². The fourth-order valence-corrected chi connectivity index (χ4v) is 4.45.